The van der Waals surface area contributed by atoms with Crippen LogP contribution in [0, 0.1) is 0 Å². The van der Waals surface area contributed by atoms with Gasteiger partial charge in [0.25, 0.3) is 11.8 Å². The molecular formula is C24H26N8O5S4. The third-order valence-electron chi connectivity index (χ3n) is 6.47. The molecular weight excluding hydrogens is 609 g/mol. The Kier molecular flexibility index (Phi) is 8.96. The van der Waals surface area contributed by atoms with E-state index in [2.05, 4.69) is 25.8 Å². The molecule has 0 radical (unpaired) electrons. The largest absolute Gasteiger partial charge is 0.477 e. The van der Waals surface area contributed by atoms with E-state index >= 15 is 0 Å². The first-order valence-electron chi connectivity index (χ1n) is 12.5. The summed E-state index contributed by atoms with van der Waals surface area (Å²) in [6.07, 6.45) is 5.25. The normalized spacial score (nSPS) is 20.8. The summed E-state index contributed by atoms with van der Waals surface area (Å²) in [6, 6.07) is 2.60. The van der Waals surface area contributed by atoms with E-state index < -0.39 is 29.2 Å². The lowest BCUT2D eigenvalue weighted by Gasteiger charge is -2.49. The fourth-order valence-electron chi connectivity index (χ4n) is 4.54. The van der Waals surface area contributed by atoms with Gasteiger partial charge in [-0.1, -0.05) is 16.9 Å². The van der Waals surface area contributed by atoms with Gasteiger partial charge < -0.3 is 32.0 Å². The minimum absolute atomic E-state index is 0.0828. The molecule has 2 amide bonds. The number of nitrogen functional groups attached to an aromatic ring is 1. The number of thiazole rings is 1. The number of nitrogens with two attached hydrogens (primary N) is 2. The van der Waals surface area contributed by atoms with Crippen molar-refractivity contribution in [2.24, 2.45) is 10.9 Å². The number of rotatable bonds is 10. The van der Waals surface area contributed by atoms with E-state index in [1.54, 1.807) is 23.7 Å². The molecule has 4 heterocycles. The average Bonchev–Trinajstić information content (AvgIpc) is 3.62. The van der Waals surface area contributed by atoms with Crippen LogP contribution in [0.2, 0.25) is 0 Å². The lowest BCUT2D eigenvalue weighted by Crippen LogP contribution is -2.71. The highest BCUT2D eigenvalue weighted by atomic mass is 32.2. The molecule has 216 valence electrons. The zero-order chi connectivity index (χ0) is 29.1. The molecule has 1 saturated heterocycles. The average molecular weight is 635 g/mol. The summed E-state index contributed by atoms with van der Waals surface area (Å²) in [6.45, 7) is 0.321. The van der Waals surface area contributed by atoms with Crippen molar-refractivity contribution in [1.82, 2.24) is 25.5 Å². The number of thiocarbonyl (C=S) groups is 1. The maximum Gasteiger partial charge on any atom is 0.353 e. The van der Waals surface area contributed by atoms with Gasteiger partial charge in [-0.25, -0.2) is 9.78 Å². The van der Waals surface area contributed by atoms with Crippen LogP contribution < -0.4 is 22.1 Å². The number of amides is 2. The topological polar surface area (TPSA) is 198 Å². The van der Waals surface area contributed by atoms with E-state index in [0.717, 1.165) is 41.9 Å². The summed E-state index contributed by atoms with van der Waals surface area (Å²) >= 11 is 8.58. The van der Waals surface area contributed by atoms with Gasteiger partial charge in [-0.2, -0.15) is 0 Å². The summed E-state index contributed by atoms with van der Waals surface area (Å²) in [5.74, 6) is -2.09. The Balaban J connectivity index is 1.31. The molecule has 2 aromatic rings. The van der Waals surface area contributed by atoms with Crippen LogP contribution in [0.25, 0.3) is 0 Å². The van der Waals surface area contributed by atoms with Gasteiger partial charge in [0.1, 0.15) is 28.9 Å². The van der Waals surface area contributed by atoms with Crippen LogP contribution in [0.4, 0.5) is 5.13 Å². The molecule has 7 N–H and O–H groups in total. The van der Waals surface area contributed by atoms with Crippen molar-refractivity contribution in [2.45, 2.75) is 54.6 Å². The van der Waals surface area contributed by atoms with Gasteiger partial charge in [-0.15, -0.1) is 23.1 Å². The summed E-state index contributed by atoms with van der Waals surface area (Å²) in [5, 5.41) is 21.1. The number of thioether (sulfide) groups is 2. The highest BCUT2D eigenvalue weighted by Crippen LogP contribution is 2.45. The Morgan fingerprint density at radius 3 is 2.80 bits per heavy atom. The molecule has 0 unspecified atom stereocenters. The number of aromatic nitrogens is 2. The second kappa shape index (κ2) is 12.6. The zero-order valence-electron chi connectivity index (χ0n) is 21.4. The number of carboxylic acid groups (broad SMARTS) is 1. The Labute approximate surface area is 252 Å². The number of hydrogen-bond acceptors (Lipinski definition) is 12. The number of oxime groups is 1. The molecule has 2 aromatic heterocycles. The quantitative estimate of drug-likeness (QED) is 0.109. The van der Waals surface area contributed by atoms with Gasteiger partial charge in [-0.3, -0.25) is 19.5 Å². The van der Waals surface area contributed by atoms with Crippen LogP contribution in [0.15, 0.2) is 44.4 Å². The number of fused-ring (bicyclic) bond motifs is 1. The number of anilines is 1. The van der Waals surface area contributed by atoms with Crippen molar-refractivity contribution in [1.29, 1.82) is 0 Å². The SMILES string of the molecule is NC(=S)NCc1cc(SC2=C(C(=O)O)N3C(=O)[C@@H](NC(=O)/C(=N\OC4CCCC4)c4csc(N)n4)[C@H]3SC2)ccn1. The minimum atomic E-state index is -1.23. The molecule has 17 heteroatoms. The van der Waals surface area contributed by atoms with Gasteiger partial charge in [0.15, 0.2) is 16.0 Å². The number of nitrogens with zero attached hydrogens (tertiary/aromatic N) is 4. The number of aliphatic carboxylic acids is 1. The van der Waals surface area contributed by atoms with Crippen LogP contribution in [-0.4, -0.2) is 71.9 Å². The predicted molar refractivity (Wildman–Crippen MR) is 160 cm³/mol. The van der Waals surface area contributed by atoms with Gasteiger partial charge >= 0.3 is 5.97 Å². The number of carbonyl (C=O) groups is 3. The number of pyridine rings is 1. The van der Waals surface area contributed by atoms with E-state index in [4.69, 9.17) is 28.5 Å². The smallest absolute Gasteiger partial charge is 0.353 e. The third-order valence-corrected chi connectivity index (χ3v) is 9.82. The number of nitrogens with one attached hydrogen (secondary N) is 2. The first-order valence-corrected chi connectivity index (χ1v) is 15.7. The molecule has 0 aromatic carbocycles. The molecule has 5 rings (SSSR count). The molecule has 0 spiro atoms. The van der Waals surface area contributed by atoms with Gasteiger partial charge in [0.05, 0.1) is 12.2 Å². The van der Waals surface area contributed by atoms with E-state index in [0.29, 0.717) is 22.9 Å². The highest BCUT2D eigenvalue weighted by molar-refractivity contribution is 8.06. The minimum Gasteiger partial charge on any atom is -0.477 e. The second-order valence-electron chi connectivity index (χ2n) is 9.26. The van der Waals surface area contributed by atoms with E-state index in [-0.39, 0.29) is 33.5 Å². The Morgan fingerprint density at radius 1 is 1.34 bits per heavy atom. The van der Waals surface area contributed by atoms with Crippen LogP contribution in [0.3, 0.4) is 0 Å². The van der Waals surface area contributed by atoms with Crippen molar-refractivity contribution in [3.63, 3.8) is 0 Å². The number of carboxylic acids is 1. The zero-order valence-corrected chi connectivity index (χ0v) is 24.7. The monoisotopic (exact) mass is 634 g/mol. The third kappa shape index (κ3) is 6.58. The number of hydrogen-bond donors (Lipinski definition) is 5. The summed E-state index contributed by atoms with van der Waals surface area (Å²) in [5.41, 5.74) is 12.0. The van der Waals surface area contributed by atoms with Crippen molar-refractivity contribution < 1.29 is 24.3 Å². The van der Waals surface area contributed by atoms with Crippen molar-refractivity contribution in [3.8, 4) is 0 Å². The number of β-lactam (4-membered cyclic amide) rings is 1. The standard InChI is InChI=1S/C24H26N8O5S4/c25-23(38)28-8-11-7-13(5-6-27-11)41-15-10-39-21-17(20(34)32(21)18(15)22(35)36)30-19(33)16(14-9-40-24(26)29-14)31-37-12-3-1-2-4-12/h5-7,9,12,17,21H,1-4,8,10H2,(H2,26,29)(H,30,33)(H,35,36)(H3,25,28,38)/b31-16-/t17-,21-/m1/s1. The Bertz CT molecular complexity index is 1440. The van der Waals surface area contributed by atoms with E-state index in [1.165, 1.54) is 28.4 Å². The van der Waals surface area contributed by atoms with Crippen LogP contribution >= 0.6 is 47.1 Å². The highest BCUT2D eigenvalue weighted by Gasteiger charge is 2.54. The van der Waals surface area contributed by atoms with Crippen molar-refractivity contribution in [3.05, 3.63) is 45.7 Å². The van der Waals surface area contributed by atoms with Crippen LogP contribution in [0.5, 0.6) is 0 Å². The molecule has 2 aliphatic heterocycles. The van der Waals surface area contributed by atoms with Gasteiger partial charge in [-0.05, 0) is 50.0 Å². The van der Waals surface area contributed by atoms with E-state index in [9.17, 15) is 19.5 Å². The van der Waals surface area contributed by atoms with Gasteiger partial charge in [0.2, 0.25) is 0 Å². The van der Waals surface area contributed by atoms with Crippen molar-refractivity contribution in [2.75, 3.05) is 11.5 Å². The lowest BCUT2D eigenvalue weighted by atomic mass is 10.0. The maximum absolute atomic E-state index is 13.3. The summed E-state index contributed by atoms with van der Waals surface area (Å²) < 4.78 is 0. The molecule has 2 atom stereocenters. The lowest BCUT2D eigenvalue weighted by molar-refractivity contribution is -0.150. The molecule has 41 heavy (non-hydrogen) atoms. The molecule has 0 bridgehead atoms. The van der Waals surface area contributed by atoms with Gasteiger partial charge in [0, 0.05) is 27.1 Å². The first-order chi connectivity index (χ1) is 19.7. The number of carbonyl (C=O) groups excluding carboxylic acids is 2. The molecule has 13 nitrogen and oxygen atoms in total. The molecule has 1 aliphatic carbocycles. The van der Waals surface area contributed by atoms with Crippen molar-refractivity contribution >= 4 is 80.8 Å². The van der Waals surface area contributed by atoms with Crippen LogP contribution in [0.1, 0.15) is 37.1 Å². The molecule has 2 fully saturated rings. The first kappa shape index (κ1) is 29.1. The fourth-order valence-corrected chi connectivity index (χ4v) is 7.68. The summed E-state index contributed by atoms with van der Waals surface area (Å²) in [7, 11) is 0. The molecule has 3 aliphatic rings. The fraction of sp³-hybridized carbons (Fsp3) is 0.375. The van der Waals surface area contributed by atoms with E-state index in [1.807, 2.05) is 0 Å². The predicted octanol–water partition coefficient (Wildman–Crippen LogP) is 1.61. The second-order valence-corrected chi connectivity index (χ2v) is 12.9. The van der Waals surface area contributed by atoms with Crippen LogP contribution in [-0.2, 0) is 25.8 Å². The maximum atomic E-state index is 13.3. The Hall–Kier alpha value is -3.41. The summed E-state index contributed by atoms with van der Waals surface area (Å²) in [4.78, 5) is 55.3. The Morgan fingerprint density at radius 2 is 2.12 bits per heavy atom. The molecule has 1 saturated carbocycles.